The zero-order chi connectivity index (χ0) is 26.3. The summed E-state index contributed by atoms with van der Waals surface area (Å²) in [6.07, 6.45) is 1.48. The smallest absolute Gasteiger partial charge is 0.231 e. The molecule has 5 rings (SSSR count). The molecule has 0 amide bonds. The van der Waals surface area contributed by atoms with E-state index in [9.17, 15) is 9.50 Å². The van der Waals surface area contributed by atoms with E-state index in [0.29, 0.717) is 17.0 Å². The Labute approximate surface area is 210 Å². The molecule has 0 aliphatic heterocycles. The summed E-state index contributed by atoms with van der Waals surface area (Å²) in [7, 11) is 1.72. The SMILES string of the molecule is Cn1cnnc1-c1c(-c2ccccc2)ccc(F)c1-c1nc2cc(CNCC(C)(C)O)c(F)c(F)c2o1. The molecule has 0 radical (unpaired) electrons. The lowest BCUT2D eigenvalue weighted by molar-refractivity contribution is 0.0794. The number of oxazole rings is 1. The molecule has 0 aliphatic carbocycles. The Morgan fingerprint density at radius 1 is 1.03 bits per heavy atom. The highest BCUT2D eigenvalue weighted by atomic mass is 19.2. The topological polar surface area (TPSA) is 89.0 Å². The maximum atomic E-state index is 15.5. The number of halogens is 3. The predicted octanol–water partition coefficient (Wildman–Crippen LogP) is 5.24. The molecule has 0 bridgehead atoms. The zero-order valence-electron chi connectivity index (χ0n) is 20.4. The van der Waals surface area contributed by atoms with Gasteiger partial charge in [0.15, 0.2) is 17.2 Å². The molecule has 190 valence electrons. The van der Waals surface area contributed by atoms with E-state index in [1.807, 2.05) is 30.3 Å². The molecule has 2 heterocycles. The van der Waals surface area contributed by atoms with Crippen molar-refractivity contribution in [2.24, 2.45) is 7.05 Å². The number of hydrogen-bond acceptors (Lipinski definition) is 6. The van der Waals surface area contributed by atoms with Crippen LogP contribution in [0.2, 0.25) is 0 Å². The first kappa shape index (κ1) is 24.7. The summed E-state index contributed by atoms with van der Waals surface area (Å²) in [4.78, 5) is 4.35. The highest BCUT2D eigenvalue weighted by Crippen LogP contribution is 2.41. The Bertz CT molecular complexity index is 1590. The van der Waals surface area contributed by atoms with E-state index in [-0.39, 0.29) is 35.6 Å². The molecule has 2 aromatic heterocycles. The van der Waals surface area contributed by atoms with E-state index in [1.54, 1.807) is 31.5 Å². The van der Waals surface area contributed by atoms with Crippen LogP contribution in [0, 0.1) is 17.5 Å². The van der Waals surface area contributed by atoms with Gasteiger partial charge in [-0.2, -0.15) is 4.39 Å². The number of benzene rings is 3. The minimum absolute atomic E-state index is 0.00105. The summed E-state index contributed by atoms with van der Waals surface area (Å²) in [6, 6.07) is 13.5. The van der Waals surface area contributed by atoms with Gasteiger partial charge in [0.25, 0.3) is 0 Å². The summed E-state index contributed by atoms with van der Waals surface area (Å²) in [5, 5.41) is 20.9. The van der Waals surface area contributed by atoms with Crippen molar-refractivity contribution in [1.82, 2.24) is 25.1 Å². The van der Waals surface area contributed by atoms with Crippen molar-refractivity contribution in [3.8, 4) is 34.0 Å². The van der Waals surface area contributed by atoms with Crippen LogP contribution in [-0.4, -0.2) is 37.0 Å². The highest BCUT2D eigenvalue weighted by molar-refractivity contribution is 5.92. The van der Waals surface area contributed by atoms with Gasteiger partial charge < -0.3 is 19.4 Å². The van der Waals surface area contributed by atoms with Gasteiger partial charge in [-0.05, 0) is 37.1 Å². The molecular formula is C27H24F3N5O2. The monoisotopic (exact) mass is 507 g/mol. The molecule has 7 nitrogen and oxygen atoms in total. The lowest BCUT2D eigenvalue weighted by atomic mass is 9.94. The maximum absolute atomic E-state index is 15.5. The van der Waals surface area contributed by atoms with E-state index in [1.165, 1.54) is 18.5 Å². The lowest BCUT2D eigenvalue weighted by Crippen LogP contribution is -2.34. The van der Waals surface area contributed by atoms with Gasteiger partial charge in [-0.1, -0.05) is 36.4 Å². The zero-order valence-corrected chi connectivity index (χ0v) is 20.4. The normalized spacial score (nSPS) is 12.0. The number of nitrogens with zero attached hydrogens (tertiary/aromatic N) is 4. The van der Waals surface area contributed by atoms with Crippen molar-refractivity contribution >= 4 is 11.1 Å². The highest BCUT2D eigenvalue weighted by Gasteiger charge is 2.27. The van der Waals surface area contributed by atoms with Crippen molar-refractivity contribution in [2.75, 3.05) is 6.54 Å². The second kappa shape index (κ2) is 9.45. The van der Waals surface area contributed by atoms with Crippen molar-refractivity contribution in [3.63, 3.8) is 0 Å². The minimum Gasteiger partial charge on any atom is -0.433 e. The summed E-state index contributed by atoms with van der Waals surface area (Å²) < 4.78 is 52.6. The third kappa shape index (κ3) is 4.73. The number of aryl methyl sites for hydroxylation is 1. The largest absolute Gasteiger partial charge is 0.433 e. The van der Waals surface area contributed by atoms with Gasteiger partial charge in [0.1, 0.15) is 17.7 Å². The molecule has 2 N–H and O–H groups in total. The molecule has 0 fully saturated rings. The van der Waals surface area contributed by atoms with Gasteiger partial charge in [-0.15, -0.1) is 10.2 Å². The molecular weight excluding hydrogens is 483 g/mol. The standard InChI is InChI=1S/C27H24F3N5O2/c1-27(2,36)13-31-12-16-11-19-24(23(30)22(16)29)37-26(33-19)21-18(28)10-9-17(15-7-5-4-6-8-15)20(21)25-34-32-14-35(25)3/h4-11,14,31,36H,12-13H2,1-3H3. The minimum atomic E-state index is -1.23. The Hall–Kier alpha value is -4.02. The second-order valence-corrected chi connectivity index (χ2v) is 9.42. The quantitative estimate of drug-likeness (QED) is 0.313. The Morgan fingerprint density at radius 2 is 1.78 bits per heavy atom. The van der Waals surface area contributed by atoms with Crippen LogP contribution in [0.1, 0.15) is 19.4 Å². The number of fused-ring (bicyclic) bond motifs is 1. The van der Waals surface area contributed by atoms with E-state index < -0.39 is 28.6 Å². The van der Waals surface area contributed by atoms with Gasteiger partial charge in [0.2, 0.25) is 11.7 Å². The van der Waals surface area contributed by atoms with Crippen LogP contribution in [0.25, 0.3) is 45.1 Å². The second-order valence-electron chi connectivity index (χ2n) is 9.42. The average Bonchev–Trinajstić information content (AvgIpc) is 3.47. The fourth-order valence-electron chi connectivity index (χ4n) is 4.18. The number of aliphatic hydroxyl groups is 1. The van der Waals surface area contributed by atoms with Crippen LogP contribution in [0.4, 0.5) is 13.2 Å². The molecule has 10 heteroatoms. The van der Waals surface area contributed by atoms with Gasteiger partial charge in [-0.25, -0.2) is 13.8 Å². The van der Waals surface area contributed by atoms with E-state index in [4.69, 9.17) is 4.42 Å². The van der Waals surface area contributed by atoms with E-state index >= 15 is 8.78 Å². The first-order valence-corrected chi connectivity index (χ1v) is 11.6. The number of nitrogens with one attached hydrogen (secondary N) is 1. The Kier molecular flexibility index (Phi) is 6.30. The van der Waals surface area contributed by atoms with Crippen LogP contribution in [0.5, 0.6) is 0 Å². The van der Waals surface area contributed by atoms with Crippen LogP contribution in [0.3, 0.4) is 0 Å². The Morgan fingerprint density at radius 3 is 2.46 bits per heavy atom. The van der Waals surface area contributed by atoms with Gasteiger partial charge >= 0.3 is 0 Å². The maximum Gasteiger partial charge on any atom is 0.231 e. The number of hydrogen-bond donors (Lipinski definition) is 2. The number of rotatable bonds is 7. The van der Waals surface area contributed by atoms with Crippen LogP contribution < -0.4 is 5.32 Å². The Balaban J connectivity index is 1.69. The van der Waals surface area contributed by atoms with Crippen LogP contribution in [-0.2, 0) is 13.6 Å². The van der Waals surface area contributed by atoms with Crippen molar-refractivity contribution in [3.05, 3.63) is 77.9 Å². The molecule has 0 spiro atoms. The van der Waals surface area contributed by atoms with Crippen LogP contribution in [0.15, 0.2) is 59.3 Å². The molecule has 0 aliphatic rings. The summed E-state index contributed by atoms with van der Waals surface area (Å²) >= 11 is 0. The summed E-state index contributed by atoms with van der Waals surface area (Å²) in [5.74, 6) is -2.87. The molecule has 0 saturated heterocycles. The fourth-order valence-corrected chi connectivity index (χ4v) is 4.18. The molecule has 3 aromatic carbocycles. The summed E-state index contributed by atoms with van der Waals surface area (Å²) in [5.41, 5.74) is 0.308. The summed E-state index contributed by atoms with van der Waals surface area (Å²) in [6.45, 7) is 3.30. The van der Waals surface area contributed by atoms with Gasteiger partial charge in [-0.3, -0.25) is 0 Å². The van der Waals surface area contributed by atoms with Crippen molar-refractivity contribution in [2.45, 2.75) is 26.0 Å². The van der Waals surface area contributed by atoms with Gasteiger partial charge in [0, 0.05) is 31.3 Å². The molecule has 0 saturated carbocycles. The predicted molar refractivity (Wildman–Crippen MR) is 133 cm³/mol. The first-order chi connectivity index (χ1) is 17.6. The third-order valence-electron chi connectivity index (χ3n) is 5.90. The third-order valence-corrected chi connectivity index (χ3v) is 5.90. The molecule has 0 unspecified atom stereocenters. The average molecular weight is 508 g/mol. The fraction of sp³-hybridized carbons (Fsp3) is 0.222. The van der Waals surface area contributed by atoms with Crippen molar-refractivity contribution < 1.29 is 22.7 Å². The van der Waals surface area contributed by atoms with E-state index in [0.717, 1.165) is 5.56 Å². The molecule has 0 atom stereocenters. The molecule has 37 heavy (non-hydrogen) atoms. The van der Waals surface area contributed by atoms with Crippen LogP contribution >= 0.6 is 0 Å². The van der Waals surface area contributed by atoms with E-state index in [2.05, 4.69) is 20.5 Å². The lowest BCUT2D eigenvalue weighted by Gasteiger charge is -2.17. The molecule has 5 aromatic rings. The number of aromatic nitrogens is 4. The first-order valence-electron chi connectivity index (χ1n) is 11.6. The van der Waals surface area contributed by atoms with Crippen molar-refractivity contribution in [1.29, 1.82) is 0 Å². The van der Waals surface area contributed by atoms with Gasteiger partial charge in [0.05, 0.1) is 11.2 Å².